The van der Waals surface area contributed by atoms with Gasteiger partial charge >= 0.3 is 6.03 Å². The van der Waals surface area contributed by atoms with Crippen molar-refractivity contribution in [1.29, 1.82) is 0 Å². The van der Waals surface area contributed by atoms with Gasteiger partial charge in [0.2, 0.25) is 11.8 Å². The average molecular weight is 392 g/mol. The van der Waals surface area contributed by atoms with Crippen molar-refractivity contribution < 1.29 is 19.2 Å². The normalized spacial score (nSPS) is 17.1. The number of rotatable bonds is 3. The van der Waals surface area contributed by atoms with Crippen molar-refractivity contribution in [2.45, 2.75) is 0 Å². The molecule has 2 aromatic rings. The van der Waals surface area contributed by atoms with Crippen molar-refractivity contribution in [2.24, 2.45) is 5.92 Å². The summed E-state index contributed by atoms with van der Waals surface area (Å²) in [6.45, 7) is 0. The second-order valence-electron chi connectivity index (χ2n) is 5.38. The quantitative estimate of drug-likeness (QED) is 0.786. The summed E-state index contributed by atoms with van der Waals surface area (Å²) in [5, 5.41) is 4.97. The summed E-state index contributed by atoms with van der Waals surface area (Å²) in [5.74, 6) is -4.58. The number of amides is 5. The Bertz CT molecular complexity index is 897. The smallest absolute Gasteiger partial charge is 0.325 e. The number of hydrogen-bond donors (Lipinski definition) is 2. The number of benzene rings is 2. The second kappa shape index (κ2) is 7.15. The molecule has 7 nitrogen and oxygen atoms in total. The Hall–Kier alpha value is -2.90. The fourth-order valence-electron chi connectivity index (χ4n) is 2.47. The molecule has 26 heavy (non-hydrogen) atoms. The maximum atomic E-state index is 12.6. The first-order chi connectivity index (χ1) is 12.4. The number of barbiturate groups is 1. The lowest BCUT2D eigenvalue weighted by Gasteiger charge is -2.29. The van der Waals surface area contributed by atoms with Crippen LogP contribution >= 0.6 is 23.2 Å². The summed E-state index contributed by atoms with van der Waals surface area (Å²) in [4.78, 5) is 50.0. The third kappa shape index (κ3) is 3.54. The molecule has 1 unspecified atom stereocenters. The van der Waals surface area contributed by atoms with Gasteiger partial charge in [-0.3, -0.25) is 19.7 Å². The third-order valence-electron chi connectivity index (χ3n) is 3.57. The van der Waals surface area contributed by atoms with Gasteiger partial charge < -0.3 is 5.32 Å². The topological polar surface area (TPSA) is 95.6 Å². The van der Waals surface area contributed by atoms with Crippen LogP contribution in [0.25, 0.3) is 0 Å². The molecule has 0 spiro atoms. The lowest BCUT2D eigenvalue weighted by atomic mass is 10.0. The number of halogens is 2. The van der Waals surface area contributed by atoms with E-state index in [1.54, 1.807) is 18.2 Å². The average Bonchev–Trinajstić information content (AvgIpc) is 2.54. The van der Waals surface area contributed by atoms with Crippen molar-refractivity contribution in [3.8, 4) is 0 Å². The summed E-state index contributed by atoms with van der Waals surface area (Å²) >= 11 is 11.7. The van der Waals surface area contributed by atoms with Crippen molar-refractivity contribution in [1.82, 2.24) is 5.32 Å². The number of anilines is 2. The van der Waals surface area contributed by atoms with Gasteiger partial charge in [-0.15, -0.1) is 0 Å². The summed E-state index contributed by atoms with van der Waals surface area (Å²) in [5.41, 5.74) is 0.461. The summed E-state index contributed by atoms with van der Waals surface area (Å²) in [6, 6.07) is 11.3. The largest absolute Gasteiger partial charge is 0.335 e. The van der Waals surface area contributed by atoms with Gasteiger partial charge in [0.15, 0.2) is 5.92 Å². The highest BCUT2D eigenvalue weighted by Gasteiger charge is 2.45. The number of imide groups is 2. The van der Waals surface area contributed by atoms with Gasteiger partial charge in [-0.05, 0) is 30.3 Å². The highest BCUT2D eigenvalue weighted by molar-refractivity contribution is 6.37. The zero-order valence-electron chi connectivity index (χ0n) is 13.0. The minimum absolute atomic E-state index is 0.219. The predicted molar refractivity (Wildman–Crippen MR) is 96.0 cm³/mol. The van der Waals surface area contributed by atoms with Gasteiger partial charge in [0, 0.05) is 15.7 Å². The van der Waals surface area contributed by atoms with Crippen LogP contribution < -0.4 is 15.5 Å². The van der Waals surface area contributed by atoms with Crippen LogP contribution in [0.15, 0.2) is 48.5 Å². The van der Waals surface area contributed by atoms with E-state index in [0.29, 0.717) is 0 Å². The van der Waals surface area contributed by atoms with Crippen LogP contribution in [0.4, 0.5) is 16.2 Å². The first-order valence-corrected chi connectivity index (χ1v) is 8.13. The first-order valence-electron chi connectivity index (χ1n) is 7.37. The Kier molecular flexibility index (Phi) is 4.92. The number of carbonyl (C=O) groups excluding carboxylic acids is 4. The number of urea groups is 1. The molecule has 1 fully saturated rings. The van der Waals surface area contributed by atoms with E-state index in [1.165, 1.54) is 30.3 Å². The molecular weight excluding hydrogens is 381 g/mol. The molecule has 3 rings (SSSR count). The van der Waals surface area contributed by atoms with E-state index in [-0.39, 0.29) is 21.4 Å². The number of hydrogen-bond acceptors (Lipinski definition) is 4. The van der Waals surface area contributed by atoms with Crippen LogP contribution in [-0.2, 0) is 14.4 Å². The van der Waals surface area contributed by atoms with Crippen molar-refractivity contribution in [3.63, 3.8) is 0 Å². The first kappa shape index (κ1) is 17.9. The van der Waals surface area contributed by atoms with Crippen LogP contribution in [0.1, 0.15) is 0 Å². The van der Waals surface area contributed by atoms with Crippen LogP contribution in [0.5, 0.6) is 0 Å². The van der Waals surface area contributed by atoms with Crippen LogP contribution in [-0.4, -0.2) is 23.8 Å². The van der Waals surface area contributed by atoms with Gasteiger partial charge in [0.1, 0.15) is 0 Å². The molecule has 1 aliphatic heterocycles. The van der Waals surface area contributed by atoms with E-state index in [2.05, 4.69) is 5.32 Å². The predicted octanol–water partition coefficient (Wildman–Crippen LogP) is 2.83. The zero-order valence-corrected chi connectivity index (χ0v) is 14.5. The molecule has 9 heteroatoms. The Morgan fingerprint density at radius 1 is 1.00 bits per heavy atom. The van der Waals surface area contributed by atoms with E-state index in [0.717, 1.165) is 4.90 Å². The zero-order chi connectivity index (χ0) is 18.8. The monoisotopic (exact) mass is 391 g/mol. The van der Waals surface area contributed by atoms with Gasteiger partial charge in [-0.25, -0.2) is 9.69 Å². The molecule has 0 bridgehead atoms. The summed E-state index contributed by atoms with van der Waals surface area (Å²) < 4.78 is 0. The molecule has 2 aromatic carbocycles. The standard InChI is InChI=1S/C17H11Cl2N3O4/c18-9-6-10(19)8-11(7-9)20-14(23)13-15(24)21-17(26)22(16(13)25)12-4-2-1-3-5-12/h1-8,13H,(H,20,23)(H,21,24,26). The molecule has 0 aliphatic carbocycles. The molecule has 1 saturated heterocycles. The lowest BCUT2D eigenvalue weighted by Crippen LogP contribution is -2.61. The molecule has 1 atom stereocenters. The van der Waals surface area contributed by atoms with Gasteiger partial charge in [0.05, 0.1) is 5.69 Å². The Morgan fingerprint density at radius 3 is 2.23 bits per heavy atom. The van der Waals surface area contributed by atoms with Crippen LogP contribution in [0.3, 0.4) is 0 Å². The number of para-hydroxylation sites is 1. The highest BCUT2D eigenvalue weighted by atomic mass is 35.5. The number of nitrogens with zero attached hydrogens (tertiary/aromatic N) is 1. The van der Waals surface area contributed by atoms with Crippen molar-refractivity contribution in [3.05, 3.63) is 58.6 Å². The SMILES string of the molecule is O=C1NC(=O)N(c2ccccc2)C(=O)C1C(=O)Nc1cc(Cl)cc(Cl)c1. The van der Waals surface area contributed by atoms with Crippen LogP contribution in [0.2, 0.25) is 10.0 Å². The second-order valence-corrected chi connectivity index (χ2v) is 6.26. The lowest BCUT2D eigenvalue weighted by molar-refractivity contribution is -0.139. The Balaban J connectivity index is 1.88. The summed E-state index contributed by atoms with van der Waals surface area (Å²) in [7, 11) is 0. The van der Waals surface area contributed by atoms with E-state index >= 15 is 0 Å². The maximum absolute atomic E-state index is 12.6. The summed E-state index contributed by atoms with van der Waals surface area (Å²) in [6.07, 6.45) is 0. The van der Waals surface area contributed by atoms with Gasteiger partial charge in [-0.1, -0.05) is 41.4 Å². The fraction of sp³-hybridized carbons (Fsp3) is 0.0588. The molecule has 2 N–H and O–H groups in total. The van der Waals surface area contributed by atoms with E-state index in [9.17, 15) is 19.2 Å². The minimum Gasteiger partial charge on any atom is -0.325 e. The maximum Gasteiger partial charge on any atom is 0.335 e. The van der Waals surface area contributed by atoms with Gasteiger partial charge in [-0.2, -0.15) is 0 Å². The third-order valence-corrected chi connectivity index (χ3v) is 4.01. The molecule has 1 aliphatic rings. The minimum atomic E-state index is -1.73. The molecule has 0 saturated carbocycles. The Labute approximate surface area is 157 Å². The van der Waals surface area contributed by atoms with E-state index in [1.807, 2.05) is 5.32 Å². The molecule has 0 radical (unpaired) electrons. The molecule has 0 aromatic heterocycles. The molecular formula is C17H11Cl2N3O4. The Morgan fingerprint density at radius 2 is 1.62 bits per heavy atom. The number of nitrogens with one attached hydrogen (secondary N) is 2. The van der Waals surface area contributed by atoms with E-state index in [4.69, 9.17) is 23.2 Å². The molecule has 5 amide bonds. The van der Waals surface area contributed by atoms with Crippen LogP contribution in [0, 0.1) is 5.92 Å². The van der Waals surface area contributed by atoms with Gasteiger partial charge in [0.25, 0.3) is 5.91 Å². The van der Waals surface area contributed by atoms with E-state index < -0.39 is 29.7 Å². The number of carbonyl (C=O) groups is 4. The molecule has 1 heterocycles. The van der Waals surface area contributed by atoms with Crippen molar-refractivity contribution >= 4 is 58.3 Å². The molecule has 132 valence electrons. The van der Waals surface area contributed by atoms with Crippen molar-refractivity contribution in [2.75, 3.05) is 10.2 Å². The fourth-order valence-corrected chi connectivity index (χ4v) is 2.99. The highest BCUT2D eigenvalue weighted by Crippen LogP contribution is 2.25.